The molecule has 2 aromatic heterocycles. The number of rotatable bonds is 5. The van der Waals surface area contributed by atoms with Gasteiger partial charge in [0, 0.05) is 36.0 Å². The van der Waals surface area contributed by atoms with E-state index in [1.54, 1.807) is 0 Å². The second kappa shape index (κ2) is 8.29. The number of aryl methyl sites for hydroxylation is 1. The lowest BCUT2D eigenvalue weighted by Crippen LogP contribution is -2.51. The number of amides is 2. The molecule has 2 bridgehead atoms. The third kappa shape index (κ3) is 4.92. The Bertz CT molecular complexity index is 1000. The van der Waals surface area contributed by atoms with E-state index in [1.165, 1.54) is 6.07 Å². The third-order valence-corrected chi connectivity index (χ3v) is 5.61. The Labute approximate surface area is 186 Å². The van der Waals surface area contributed by atoms with Crippen LogP contribution in [0.25, 0.3) is 0 Å². The van der Waals surface area contributed by atoms with Crippen molar-refractivity contribution in [2.45, 2.75) is 77.1 Å². The highest BCUT2D eigenvalue weighted by Gasteiger charge is 2.45. The lowest BCUT2D eigenvalue weighted by Gasteiger charge is -2.39. The molecule has 2 amide bonds. The van der Waals surface area contributed by atoms with Crippen molar-refractivity contribution in [1.82, 2.24) is 25.1 Å². The van der Waals surface area contributed by atoms with Crippen molar-refractivity contribution in [3.63, 3.8) is 0 Å². The summed E-state index contributed by atoms with van der Waals surface area (Å²) in [6, 6.07) is 3.58. The molecule has 2 fully saturated rings. The first kappa shape index (κ1) is 21.8. The molecule has 0 aromatic carbocycles. The lowest BCUT2D eigenvalue weighted by molar-refractivity contribution is 0.00680. The van der Waals surface area contributed by atoms with Crippen LogP contribution in [-0.4, -0.2) is 60.8 Å². The summed E-state index contributed by atoms with van der Waals surface area (Å²) >= 11 is 0. The van der Waals surface area contributed by atoms with Gasteiger partial charge in [-0.15, -0.1) is 0 Å². The smallest absolute Gasteiger partial charge is 0.410 e. The molecule has 0 aliphatic carbocycles. The zero-order chi connectivity index (χ0) is 23.0. The molecule has 0 saturated carbocycles. The molecule has 11 nitrogen and oxygen atoms in total. The summed E-state index contributed by atoms with van der Waals surface area (Å²) in [7, 11) is 0. The predicted octanol–water partition coefficient (Wildman–Crippen LogP) is 2.69. The number of H-pyrrole nitrogens is 1. The monoisotopic (exact) mass is 442 g/mol. The Morgan fingerprint density at radius 1 is 1.16 bits per heavy atom. The minimum absolute atomic E-state index is 0.0646. The van der Waals surface area contributed by atoms with E-state index in [9.17, 15) is 9.59 Å². The van der Waals surface area contributed by atoms with Crippen molar-refractivity contribution in [2.75, 3.05) is 10.6 Å². The second-order valence-electron chi connectivity index (χ2n) is 9.47. The average molecular weight is 443 g/mol. The summed E-state index contributed by atoms with van der Waals surface area (Å²) in [6.07, 6.45) is 3.13. The van der Waals surface area contributed by atoms with E-state index in [1.807, 2.05) is 38.7 Å². The van der Waals surface area contributed by atoms with E-state index in [4.69, 9.17) is 10.5 Å². The average Bonchev–Trinajstić information content (AvgIpc) is 3.20. The number of hydrogen-bond acceptors (Lipinski definition) is 8. The quantitative estimate of drug-likeness (QED) is 0.552. The number of carbonyl (C=O) groups is 2. The van der Waals surface area contributed by atoms with Crippen LogP contribution in [0, 0.1) is 6.92 Å². The Kier molecular flexibility index (Phi) is 5.66. The maximum Gasteiger partial charge on any atom is 0.410 e. The number of primary amides is 1. The van der Waals surface area contributed by atoms with Crippen molar-refractivity contribution in [3.8, 4) is 0 Å². The summed E-state index contributed by atoms with van der Waals surface area (Å²) in [5, 5.41) is 13.4. The van der Waals surface area contributed by atoms with Crippen LogP contribution < -0.4 is 16.4 Å². The van der Waals surface area contributed by atoms with E-state index < -0.39 is 11.5 Å². The van der Waals surface area contributed by atoms with Gasteiger partial charge in [0.1, 0.15) is 17.1 Å². The molecular weight excluding hydrogens is 412 g/mol. The largest absolute Gasteiger partial charge is 0.444 e. The van der Waals surface area contributed by atoms with Crippen LogP contribution in [0.15, 0.2) is 12.1 Å². The van der Waals surface area contributed by atoms with Gasteiger partial charge < -0.3 is 26.0 Å². The molecule has 2 aliphatic rings. The molecule has 1 unspecified atom stereocenters. The number of aromatic amines is 1. The molecule has 0 spiro atoms. The molecule has 11 heteroatoms. The molecule has 2 saturated heterocycles. The molecule has 32 heavy (non-hydrogen) atoms. The fourth-order valence-electron chi connectivity index (χ4n) is 4.41. The molecule has 0 radical (unpaired) electrons. The summed E-state index contributed by atoms with van der Waals surface area (Å²) in [5.74, 6) is 0.658. The van der Waals surface area contributed by atoms with Gasteiger partial charge in [0.25, 0.3) is 5.91 Å². The molecule has 2 aliphatic heterocycles. The van der Waals surface area contributed by atoms with E-state index in [0.29, 0.717) is 17.6 Å². The van der Waals surface area contributed by atoms with Gasteiger partial charge in [0.2, 0.25) is 5.95 Å². The molecule has 2 aromatic rings. The van der Waals surface area contributed by atoms with Crippen LogP contribution in [-0.2, 0) is 4.74 Å². The summed E-state index contributed by atoms with van der Waals surface area (Å²) in [5.41, 5.74) is 5.94. The van der Waals surface area contributed by atoms with Crippen molar-refractivity contribution in [3.05, 3.63) is 23.5 Å². The Hall–Kier alpha value is -3.37. The van der Waals surface area contributed by atoms with E-state index in [0.717, 1.165) is 31.4 Å². The van der Waals surface area contributed by atoms with Gasteiger partial charge in [0.05, 0.1) is 0 Å². The van der Waals surface area contributed by atoms with Gasteiger partial charge in [-0.1, -0.05) is 0 Å². The zero-order valence-corrected chi connectivity index (χ0v) is 18.8. The first-order valence-corrected chi connectivity index (χ1v) is 10.8. The summed E-state index contributed by atoms with van der Waals surface area (Å²) < 4.78 is 5.60. The van der Waals surface area contributed by atoms with Gasteiger partial charge in [-0.2, -0.15) is 10.1 Å². The van der Waals surface area contributed by atoms with Crippen LogP contribution in [0.2, 0.25) is 0 Å². The number of anilines is 3. The number of hydrogen-bond donors (Lipinski definition) is 4. The maximum atomic E-state index is 12.7. The van der Waals surface area contributed by atoms with Crippen LogP contribution in [0.1, 0.15) is 62.6 Å². The number of carbonyl (C=O) groups excluding carboxylic acids is 2. The Morgan fingerprint density at radius 3 is 2.41 bits per heavy atom. The first-order chi connectivity index (χ1) is 15.1. The van der Waals surface area contributed by atoms with Gasteiger partial charge >= 0.3 is 6.09 Å². The molecular formula is C21H30N8O3. The minimum Gasteiger partial charge on any atom is -0.444 e. The number of piperidine rings is 1. The number of ether oxygens (including phenoxy) is 1. The SMILES string of the molecule is Cc1cc(Nc2cc(C(N)=O)nc(NC3C[C@H]4CC[C@@H](C3)N4C(=O)OC(C)(C)C)n2)n[nH]1. The second-order valence-corrected chi connectivity index (χ2v) is 9.47. The van der Waals surface area contributed by atoms with Gasteiger partial charge in [-0.25, -0.2) is 9.78 Å². The summed E-state index contributed by atoms with van der Waals surface area (Å²) in [6.45, 7) is 7.51. The van der Waals surface area contributed by atoms with E-state index in [-0.39, 0.29) is 29.9 Å². The van der Waals surface area contributed by atoms with E-state index >= 15 is 0 Å². The van der Waals surface area contributed by atoms with E-state index in [2.05, 4.69) is 30.8 Å². The van der Waals surface area contributed by atoms with Crippen LogP contribution in [0.5, 0.6) is 0 Å². The Balaban J connectivity index is 1.47. The van der Waals surface area contributed by atoms with Gasteiger partial charge in [0.15, 0.2) is 5.82 Å². The molecule has 5 N–H and O–H groups in total. The van der Waals surface area contributed by atoms with Crippen LogP contribution in [0.4, 0.5) is 22.4 Å². The Morgan fingerprint density at radius 2 is 1.84 bits per heavy atom. The normalized spacial score (nSPS) is 22.5. The van der Waals surface area contributed by atoms with Crippen LogP contribution >= 0.6 is 0 Å². The minimum atomic E-state index is -0.642. The molecule has 4 heterocycles. The van der Waals surface area contributed by atoms with Crippen molar-refractivity contribution < 1.29 is 14.3 Å². The highest BCUT2D eigenvalue weighted by molar-refractivity contribution is 5.92. The molecule has 4 rings (SSSR count). The number of nitrogens with two attached hydrogens (primary N) is 1. The topological polar surface area (TPSA) is 151 Å². The number of fused-ring (bicyclic) bond motifs is 2. The fourth-order valence-corrected chi connectivity index (χ4v) is 4.41. The zero-order valence-electron chi connectivity index (χ0n) is 18.8. The highest BCUT2D eigenvalue weighted by Crippen LogP contribution is 2.37. The number of nitrogens with one attached hydrogen (secondary N) is 3. The molecule has 172 valence electrons. The summed E-state index contributed by atoms with van der Waals surface area (Å²) in [4.78, 5) is 35.1. The van der Waals surface area contributed by atoms with Crippen molar-refractivity contribution in [2.24, 2.45) is 5.73 Å². The highest BCUT2D eigenvalue weighted by atomic mass is 16.6. The maximum absolute atomic E-state index is 12.7. The standard InChI is InChI=1S/C21H30N8O3/c1-11-7-17(28-27-11)25-16-10-15(18(22)30)24-19(26-16)23-12-8-13-5-6-14(9-12)29(13)20(31)32-21(2,3)4/h7,10,12-14H,5-6,8-9H2,1-4H3,(H2,22,30)(H3,23,24,25,26,27,28)/t12?,13-,14+. The number of aromatic nitrogens is 4. The third-order valence-electron chi connectivity index (χ3n) is 5.61. The van der Waals surface area contributed by atoms with Crippen molar-refractivity contribution in [1.29, 1.82) is 0 Å². The molecule has 3 atom stereocenters. The van der Waals surface area contributed by atoms with Gasteiger partial charge in [-0.05, 0) is 53.4 Å². The fraction of sp³-hybridized carbons (Fsp3) is 0.571. The van der Waals surface area contributed by atoms with Crippen LogP contribution in [0.3, 0.4) is 0 Å². The predicted molar refractivity (Wildman–Crippen MR) is 119 cm³/mol. The van der Waals surface area contributed by atoms with Crippen molar-refractivity contribution >= 4 is 29.6 Å². The van der Waals surface area contributed by atoms with Gasteiger partial charge in [-0.3, -0.25) is 9.89 Å². The lowest BCUT2D eigenvalue weighted by atomic mass is 9.98. The first-order valence-electron chi connectivity index (χ1n) is 10.8. The number of nitrogens with zero attached hydrogens (tertiary/aromatic N) is 4.